The highest BCUT2D eigenvalue weighted by molar-refractivity contribution is 7.13. The Bertz CT molecular complexity index is 811. The molecule has 0 radical (unpaired) electrons. The van der Waals surface area contributed by atoms with E-state index in [1.54, 1.807) is 23.3 Å². The Kier molecular flexibility index (Phi) is 5.00. The molecule has 0 fully saturated rings. The van der Waals surface area contributed by atoms with Crippen molar-refractivity contribution < 1.29 is 4.79 Å². The number of rotatable bonds is 6. The second-order valence-electron chi connectivity index (χ2n) is 5.60. The van der Waals surface area contributed by atoms with Crippen LogP contribution in [0.5, 0.6) is 0 Å². The van der Waals surface area contributed by atoms with E-state index in [2.05, 4.69) is 20.2 Å². The van der Waals surface area contributed by atoms with E-state index in [9.17, 15) is 4.79 Å². The summed E-state index contributed by atoms with van der Waals surface area (Å²) >= 11 is 1.60. The minimum atomic E-state index is 0.0618. The van der Waals surface area contributed by atoms with Gasteiger partial charge in [0.2, 0.25) is 5.91 Å². The highest BCUT2D eigenvalue weighted by Gasteiger charge is 2.13. The number of nitrogens with one attached hydrogen (secondary N) is 1. The van der Waals surface area contributed by atoms with Gasteiger partial charge < -0.3 is 4.90 Å². The summed E-state index contributed by atoms with van der Waals surface area (Å²) in [5.41, 5.74) is 2.01. The van der Waals surface area contributed by atoms with Gasteiger partial charge in [-0.05, 0) is 6.92 Å². The van der Waals surface area contributed by atoms with E-state index in [4.69, 9.17) is 0 Å². The summed E-state index contributed by atoms with van der Waals surface area (Å²) in [5.74, 6) is 1.50. The van der Waals surface area contributed by atoms with Gasteiger partial charge >= 0.3 is 0 Å². The molecule has 6 nitrogen and oxygen atoms in total. The summed E-state index contributed by atoms with van der Waals surface area (Å²) in [6.45, 7) is 2.35. The van der Waals surface area contributed by atoms with E-state index >= 15 is 0 Å². The average Bonchev–Trinajstić information content (AvgIpc) is 3.22. The third-order valence-electron chi connectivity index (χ3n) is 3.60. The Morgan fingerprint density at radius 1 is 1.25 bits per heavy atom. The summed E-state index contributed by atoms with van der Waals surface area (Å²) in [6, 6.07) is 10.1. The molecule has 0 aliphatic carbocycles. The number of carbonyl (C=O) groups excluding carboxylic acids is 1. The number of nitrogens with zero attached hydrogens (tertiary/aromatic N) is 4. The lowest BCUT2D eigenvalue weighted by atomic mass is 10.2. The molecule has 0 aliphatic rings. The van der Waals surface area contributed by atoms with Gasteiger partial charge in [0.15, 0.2) is 5.82 Å². The zero-order valence-electron chi connectivity index (χ0n) is 13.7. The standard InChI is InChI=1S/C17H19N5OS/c1-12-18-15(21-20-12)8-9-16(23)22(2)10-14-11-24-17(19-14)13-6-4-3-5-7-13/h3-7,11H,8-10H2,1-2H3,(H,18,20,21). The quantitative estimate of drug-likeness (QED) is 0.748. The van der Waals surface area contributed by atoms with Crippen LogP contribution in [0.4, 0.5) is 0 Å². The van der Waals surface area contributed by atoms with Crippen molar-refractivity contribution in [1.82, 2.24) is 25.1 Å². The first kappa shape index (κ1) is 16.3. The van der Waals surface area contributed by atoms with Crippen LogP contribution in [-0.4, -0.2) is 38.0 Å². The van der Waals surface area contributed by atoms with Crippen LogP contribution in [0.25, 0.3) is 10.6 Å². The lowest BCUT2D eigenvalue weighted by Gasteiger charge is -2.15. The van der Waals surface area contributed by atoms with Crippen molar-refractivity contribution in [3.8, 4) is 10.6 Å². The summed E-state index contributed by atoms with van der Waals surface area (Å²) in [6.07, 6.45) is 0.934. The Labute approximate surface area is 144 Å². The topological polar surface area (TPSA) is 74.8 Å². The third-order valence-corrected chi connectivity index (χ3v) is 4.54. The third kappa shape index (κ3) is 4.05. The van der Waals surface area contributed by atoms with Crippen LogP contribution in [0.15, 0.2) is 35.7 Å². The van der Waals surface area contributed by atoms with Crippen molar-refractivity contribution in [2.75, 3.05) is 7.05 Å². The number of aryl methyl sites for hydroxylation is 2. The van der Waals surface area contributed by atoms with Crippen molar-refractivity contribution in [2.45, 2.75) is 26.3 Å². The Morgan fingerprint density at radius 3 is 2.75 bits per heavy atom. The summed E-state index contributed by atoms with van der Waals surface area (Å²) in [5, 5.41) is 9.81. The number of aromatic nitrogens is 4. The molecule has 1 N–H and O–H groups in total. The number of thiazole rings is 1. The normalized spacial score (nSPS) is 10.8. The molecule has 2 aromatic heterocycles. The maximum absolute atomic E-state index is 12.2. The monoisotopic (exact) mass is 341 g/mol. The van der Waals surface area contributed by atoms with E-state index in [0.717, 1.165) is 22.1 Å². The first-order valence-corrected chi connectivity index (χ1v) is 8.61. The largest absolute Gasteiger partial charge is 0.340 e. The van der Waals surface area contributed by atoms with Crippen molar-refractivity contribution in [3.63, 3.8) is 0 Å². The number of amides is 1. The summed E-state index contributed by atoms with van der Waals surface area (Å²) < 4.78 is 0. The molecule has 0 saturated carbocycles. The molecule has 0 aliphatic heterocycles. The number of hydrogen-bond acceptors (Lipinski definition) is 5. The molecule has 0 bridgehead atoms. The number of carbonyl (C=O) groups is 1. The number of hydrogen-bond donors (Lipinski definition) is 1. The van der Waals surface area contributed by atoms with Gasteiger partial charge in [0.1, 0.15) is 10.8 Å². The molecular formula is C17H19N5OS. The van der Waals surface area contributed by atoms with Crippen molar-refractivity contribution in [2.24, 2.45) is 0 Å². The van der Waals surface area contributed by atoms with Gasteiger partial charge in [-0.25, -0.2) is 9.97 Å². The Morgan fingerprint density at radius 2 is 2.04 bits per heavy atom. The molecule has 2 heterocycles. The van der Waals surface area contributed by atoms with Gasteiger partial charge in [0, 0.05) is 30.8 Å². The first-order chi connectivity index (χ1) is 11.6. The van der Waals surface area contributed by atoms with Gasteiger partial charge in [0.05, 0.1) is 12.2 Å². The molecule has 0 unspecified atom stereocenters. The molecule has 0 spiro atoms. The smallest absolute Gasteiger partial charge is 0.223 e. The molecular weight excluding hydrogens is 322 g/mol. The van der Waals surface area contributed by atoms with E-state index in [1.807, 2.05) is 42.6 Å². The fourth-order valence-corrected chi connectivity index (χ4v) is 3.15. The molecule has 1 aromatic carbocycles. The molecule has 0 atom stereocenters. The zero-order chi connectivity index (χ0) is 16.9. The van der Waals surface area contributed by atoms with Crippen molar-refractivity contribution in [3.05, 3.63) is 53.1 Å². The first-order valence-electron chi connectivity index (χ1n) is 7.73. The maximum Gasteiger partial charge on any atom is 0.223 e. The Balaban J connectivity index is 1.55. The van der Waals surface area contributed by atoms with Crippen LogP contribution in [0.2, 0.25) is 0 Å². The molecule has 3 aromatic rings. The van der Waals surface area contributed by atoms with E-state index in [1.165, 1.54) is 0 Å². The lowest BCUT2D eigenvalue weighted by molar-refractivity contribution is -0.130. The minimum Gasteiger partial charge on any atom is -0.340 e. The Hall–Kier alpha value is -2.54. The zero-order valence-corrected chi connectivity index (χ0v) is 14.5. The van der Waals surface area contributed by atoms with Crippen molar-refractivity contribution >= 4 is 17.2 Å². The van der Waals surface area contributed by atoms with Crippen LogP contribution in [0.3, 0.4) is 0 Å². The number of H-pyrrole nitrogens is 1. The van der Waals surface area contributed by atoms with Gasteiger partial charge in [-0.15, -0.1) is 11.3 Å². The van der Waals surface area contributed by atoms with Gasteiger partial charge in [-0.2, -0.15) is 5.10 Å². The highest BCUT2D eigenvalue weighted by Crippen LogP contribution is 2.23. The second kappa shape index (κ2) is 7.35. The predicted molar refractivity (Wildman–Crippen MR) is 93.5 cm³/mol. The van der Waals surface area contributed by atoms with E-state index < -0.39 is 0 Å². The maximum atomic E-state index is 12.2. The van der Waals surface area contributed by atoms with Gasteiger partial charge in [-0.3, -0.25) is 9.89 Å². The minimum absolute atomic E-state index is 0.0618. The van der Waals surface area contributed by atoms with Crippen molar-refractivity contribution in [1.29, 1.82) is 0 Å². The molecule has 3 rings (SSSR count). The van der Waals surface area contributed by atoms with Crippen LogP contribution in [-0.2, 0) is 17.8 Å². The van der Waals surface area contributed by atoms with Crippen LogP contribution in [0.1, 0.15) is 23.8 Å². The predicted octanol–water partition coefficient (Wildman–Crippen LogP) is 2.83. The van der Waals surface area contributed by atoms with Crippen LogP contribution < -0.4 is 0 Å². The summed E-state index contributed by atoms with van der Waals surface area (Å²) in [7, 11) is 1.80. The fourth-order valence-electron chi connectivity index (χ4n) is 2.33. The van der Waals surface area contributed by atoms with Gasteiger partial charge in [-0.1, -0.05) is 30.3 Å². The molecule has 7 heteroatoms. The van der Waals surface area contributed by atoms with E-state index in [0.29, 0.717) is 25.2 Å². The fraction of sp³-hybridized carbons (Fsp3) is 0.294. The van der Waals surface area contributed by atoms with Crippen LogP contribution in [0, 0.1) is 6.92 Å². The lowest BCUT2D eigenvalue weighted by Crippen LogP contribution is -2.26. The van der Waals surface area contributed by atoms with Crippen LogP contribution >= 0.6 is 11.3 Å². The number of aromatic amines is 1. The number of benzene rings is 1. The molecule has 124 valence electrons. The molecule has 1 amide bonds. The highest BCUT2D eigenvalue weighted by atomic mass is 32.1. The molecule has 24 heavy (non-hydrogen) atoms. The second-order valence-corrected chi connectivity index (χ2v) is 6.45. The SMILES string of the molecule is Cc1nc(CCC(=O)N(C)Cc2csc(-c3ccccc3)n2)n[nH]1. The summed E-state index contributed by atoms with van der Waals surface area (Å²) in [4.78, 5) is 22.8. The van der Waals surface area contributed by atoms with Gasteiger partial charge in [0.25, 0.3) is 0 Å². The molecule has 0 saturated heterocycles. The van der Waals surface area contributed by atoms with E-state index in [-0.39, 0.29) is 5.91 Å². The average molecular weight is 341 g/mol.